The van der Waals surface area contributed by atoms with Crippen LogP contribution in [0.15, 0.2) is 70.2 Å². The van der Waals surface area contributed by atoms with E-state index in [9.17, 15) is 23.3 Å². The molecule has 0 aliphatic rings. The molecule has 11 nitrogen and oxygen atoms in total. The quantitative estimate of drug-likeness (QED) is 0.327. The molecule has 3 rings (SSSR count). The number of nitrogens with one attached hydrogen (secondary N) is 2. The number of carbonyl (C=O) groups excluding carboxylic acids is 1. The number of hydrogen-bond acceptors (Lipinski definition) is 8. The van der Waals surface area contributed by atoms with Crippen molar-refractivity contribution >= 4 is 27.3 Å². The van der Waals surface area contributed by atoms with E-state index in [1.807, 2.05) is 25.1 Å². The lowest BCUT2D eigenvalue weighted by Crippen LogP contribution is -2.34. The summed E-state index contributed by atoms with van der Waals surface area (Å²) in [4.78, 5) is 24.7. The van der Waals surface area contributed by atoms with E-state index >= 15 is 0 Å². The summed E-state index contributed by atoms with van der Waals surface area (Å²) < 4.78 is 38.4. The van der Waals surface area contributed by atoms with Crippen LogP contribution in [0.25, 0.3) is 0 Å². The molecule has 1 amide bonds. The fourth-order valence-corrected chi connectivity index (χ4v) is 4.25. The summed E-state index contributed by atoms with van der Waals surface area (Å²) in [6.45, 7) is 0.285. The lowest BCUT2D eigenvalue weighted by atomic mass is 10.2. The van der Waals surface area contributed by atoms with E-state index in [2.05, 4.69) is 10.0 Å². The van der Waals surface area contributed by atoms with Crippen molar-refractivity contribution in [1.29, 1.82) is 0 Å². The van der Waals surface area contributed by atoms with Gasteiger partial charge in [-0.1, -0.05) is 0 Å². The number of furan rings is 1. The van der Waals surface area contributed by atoms with Crippen LogP contribution >= 0.6 is 0 Å². The molecule has 0 aliphatic heterocycles. The van der Waals surface area contributed by atoms with E-state index in [-0.39, 0.29) is 46.1 Å². The second kappa shape index (κ2) is 10.4. The van der Waals surface area contributed by atoms with Crippen LogP contribution in [0.3, 0.4) is 0 Å². The van der Waals surface area contributed by atoms with Crippen molar-refractivity contribution in [3.8, 4) is 5.75 Å². The molecular weight excluding hydrogens is 464 g/mol. The van der Waals surface area contributed by atoms with Crippen LogP contribution in [0.5, 0.6) is 5.75 Å². The van der Waals surface area contributed by atoms with Gasteiger partial charge in [-0.2, -0.15) is 0 Å². The molecule has 2 aromatic carbocycles. The zero-order valence-electron chi connectivity index (χ0n) is 18.7. The number of nitro benzene ring substituents is 1. The average Bonchev–Trinajstić information content (AvgIpc) is 3.33. The first-order valence-electron chi connectivity index (χ1n) is 10.1. The largest absolute Gasteiger partial charge is 0.495 e. The summed E-state index contributed by atoms with van der Waals surface area (Å²) in [5.74, 6) is 0.447. The summed E-state index contributed by atoms with van der Waals surface area (Å²) in [7, 11) is 0.945. The molecule has 0 radical (unpaired) electrons. The number of ether oxygens (including phenoxy) is 1. The molecule has 0 fully saturated rings. The Morgan fingerprint density at radius 1 is 1.18 bits per heavy atom. The molecule has 3 aromatic rings. The molecule has 1 unspecified atom stereocenters. The van der Waals surface area contributed by atoms with Crippen molar-refractivity contribution in [1.82, 2.24) is 10.2 Å². The minimum absolute atomic E-state index is 0.0776. The maximum atomic E-state index is 12.8. The molecule has 1 atom stereocenters. The van der Waals surface area contributed by atoms with Crippen molar-refractivity contribution in [3.63, 3.8) is 0 Å². The normalized spacial score (nSPS) is 12.2. The van der Waals surface area contributed by atoms with Gasteiger partial charge in [0.1, 0.15) is 11.5 Å². The molecule has 0 saturated carbocycles. The number of anilines is 1. The summed E-state index contributed by atoms with van der Waals surface area (Å²) in [6.07, 6.45) is 1.56. The van der Waals surface area contributed by atoms with Crippen LogP contribution in [-0.2, 0) is 10.0 Å². The van der Waals surface area contributed by atoms with Crippen molar-refractivity contribution in [2.45, 2.75) is 10.9 Å². The second-order valence-corrected chi connectivity index (χ2v) is 9.16. The van der Waals surface area contributed by atoms with Crippen LogP contribution in [0, 0.1) is 10.1 Å². The lowest BCUT2D eigenvalue weighted by Gasteiger charge is -2.22. The number of nitrogens with zero attached hydrogens (tertiary/aromatic N) is 2. The number of methoxy groups -OCH3 is 1. The van der Waals surface area contributed by atoms with Crippen molar-refractivity contribution in [2.75, 3.05) is 32.5 Å². The molecule has 180 valence electrons. The molecule has 0 saturated heterocycles. The number of non-ortho nitro benzene ring substituents is 1. The van der Waals surface area contributed by atoms with Gasteiger partial charge in [-0.3, -0.25) is 24.5 Å². The maximum absolute atomic E-state index is 12.8. The number of hydrogen-bond donors (Lipinski definition) is 2. The Morgan fingerprint density at radius 2 is 1.88 bits per heavy atom. The molecular formula is C22H24N4O7S. The van der Waals surface area contributed by atoms with Crippen LogP contribution in [0.4, 0.5) is 11.4 Å². The first kappa shape index (κ1) is 24.7. The molecule has 2 N–H and O–H groups in total. The summed E-state index contributed by atoms with van der Waals surface area (Å²) >= 11 is 0. The predicted octanol–water partition coefficient (Wildman–Crippen LogP) is 3.03. The van der Waals surface area contributed by atoms with Crippen LogP contribution in [-0.4, -0.2) is 51.9 Å². The maximum Gasteiger partial charge on any atom is 0.271 e. The predicted molar refractivity (Wildman–Crippen MR) is 124 cm³/mol. The van der Waals surface area contributed by atoms with Gasteiger partial charge in [-0.25, -0.2) is 8.42 Å². The Kier molecular flexibility index (Phi) is 7.54. The smallest absolute Gasteiger partial charge is 0.271 e. The van der Waals surface area contributed by atoms with Gasteiger partial charge in [0.25, 0.3) is 21.6 Å². The lowest BCUT2D eigenvalue weighted by molar-refractivity contribution is -0.384. The number of likely N-dealkylation sites (N-methyl/N-ethyl adjacent to an activating group) is 1. The highest BCUT2D eigenvalue weighted by Gasteiger charge is 2.21. The van der Waals surface area contributed by atoms with Crippen molar-refractivity contribution in [3.05, 3.63) is 82.3 Å². The molecule has 1 aromatic heterocycles. The minimum atomic E-state index is -4.10. The van der Waals surface area contributed by atoms with E-state index in [0.717, 1.165) is 6.07 Å². The summed E-state index contributed by atoms with van der Waals surface area (Å²) in [6, 6.07) is 12.3. The third kappa shape index (κ3) is 5.71. The van der Waals surface area contributed by atoms with Gasteiger partial charge < -0.3 is 14.5 Å². The SMILES string of the molecule is COc1ccc([N+](=O)[O-])cc1NS(=O)(=O)c1ccc(C(=O)NCC(c2ccco2)N(C)C)cc1. The number of benzene rings is 2. The number of nitro groups is 1. The van der Waals surface area contributed by atoms with Gasteiger partial charge in [0.15, 0.2) is 0 Å². The number of rotatable bonds is 10. The van der Waals surface area contributed by atoms with E-state index in [0.29, 0.717) is 5.76 Å². The van der Waals surface area contributed by atoms with E-state index in [1.54, 1.807) is 12.3 Å². The number of carbonyl (C=O) groups is 1. The summed E-state index contributed by atoms with van der Waals surface area (Å²) in [5.41, 5.74) is -0.105. The molecule has 0 spiro atoms. The van der Waals surface area contributed by atoms with E-state index < -0.39 is 14.9 Å². The monoisotopic (exact) mass is 488 g/mol. The molecule has 1 heterocycles. The Morgan fingerprint density at radius 3 is 2.44 bits per heavy atom. The highest BCUT2D eigenvalue weighted by Crippen LogP contribution is 2.31. The Balaban J connectivity index is 1.72. The fourth-order valence-electron chi connectivity index (χ4n) is 3.19. The van der Waals surface area contributed by atoms with Crippen molar-refractivity contribution in [2.24, 2.45) is 0 Å². The zero-order valence-corrected chi connectivity index (χ0v) is 19.5. The number of sulfonamides is 1. The second-order valence-electron chi connectivity index (χ2n) is 7.48. The van der Waals surface area contributed by atoms with Crippen LogP contribution in [0.2, 0.25) is 0 Å². The Hall–Kier alpha value is -3.90. The van der Waals surface area contributed by atoms with Gasteiger partial charge in [0.05, 0.1) is 34.9 Å². The van der Waals surface area contributed by atoms with Gasteiger partial charge in [-0.05, 0) is 56.6 Å². The first-order valence-corrected chi connectivity index (χ1v) is 11.5. The molecule has 0 bridgehead atoms. The van der Waals surface area contributed by atoms with Crippen molar-refractivity contribution < 1.29 is 27.3 Å². The first-order chi connectivity index (χ1) is 16.1. The molecule has 12 heteroatoms. The fraction of sp³-hybridized carbons (Fsp3) is 0.227. The van der Waals surface area contributed by atoms with Crippen LogP contribution < -0.4 is 14.8 Å². The summed E-state index contributed by atoms with van der Waals surface area (Å²) in [5, 5.41) is 13.8. The third-order valence-corrected chi connectivity index (χ3v) is 6.40. The average molecular weight is 489 g/mol. The molecule has 34 heavy (non-hydrogen) atoms. The van der Waals surface area contributed by atoms with E-state index in [1.165, 1.54) is 43.5 Å². The molecule has 0 aliphatic carbocycles. The zero-order chi connectivity index (χ0) is 24.9. The number of amides is 1. The third-order valence-electron chi connectivity index (χ3n) is 5.02. The van der Waals surface area contributed by atoms with Crippen LogP contribution in [0.1, 0.15) is 22.2 Å². The Labute approximate surface area is 196 Å². The highest BCUT2D eigenvalue weighted by molar-refractivity contribution is 7.92. The van der Waals surface area contributed by atoms with Gasteiger partial charge in [-0.15, -0.1) is 0 Å². The topological polar surface area (TPSA) is 144 Å². The highest BCUT2D eigenvalue weighted by atomic mass is 32.2. The standard InChI is InChI=1S/C22H24N4O7S/c1-25(2)19(21-5-4-12-33-21)14-23-22(27)15-6-9-17(10-7-15)34(30,31)24-18-13-16(26(28)29)8-11-20(18)32-3/h4-13,19,24H,14H2,1-3H3,(H,23,27). The van der Waals surface area contributed by atoms with Gasteiger partial charge in [0, 0.05) is 24.2 Å². The minimum Gasteiger partial charge on any atom is -0.495 e. The Bertz CT molecular complexity index is 1260. The van der Waals surface area contributed by atoms with Gasteiger partial charge >= 0.3 is 0 Å². The van der Waals surface area contributed by atoms with E-state index in [4.69, 9.17) is 9.15 Å². The van der Waals surface area contributed by atoms with Gasteiger partial charge in [0.2, 0.25) is 0 Å².